The Morgan fingerprint density at radius 3 is 2.14 bits per heavy atom. The fourth-order valence-corrected chi connectivity index (χ4v) is 2.86. The van der Waals surface area contributed by atoms with Gasteiger partial charge in [-0.1, -0.05) is 32.9 Å². The van der Waals surface area contributed by atoms with Gasteiger partial charge in [0.05, 0.1) is 21.3 Å². The molecule has 29 heavy (non-hydrogen) atoms. The third-order valence-corrected chi connectivity index (χ3v) is 4.57. The molecule has 0 saturated carbocycles. The molecule has 2 aromatic rings. The lowest BCUT2D eigenvalue weighted by Crippen LogP contribution is -2.36. The van der Waals surface area contributed by atoms with Gasteiger partial charge in [-0.15, -0.1) is 0 Å². The molecule has 1 N–H and O–H groups in total. The van der Waals surface area contributed by atoms with Crippen LogP contribution < -0.4 is 24.3 Å². The summed E-state index contributed by atoms with van der Waals surface area (Å²) >= 11 is 0. The monoisotopic (exact) mass is 401 g/mol. The van der Waals surface area contributed by atoms with Crippen molar-refractivity contribution in [1.29, 1.82) is 0 Å². The molecular formula is C23H31NO5. The number of amides is 1. The van der Waals surface area contributed by atoms with E-state index in [1.807, 2.05) is 18.2 Å². The molecule has 0 heterocycles. The lowest BCUT2D eigenvalue weighted by Gasteiger charge is -2.21. The number of carbonyl (C=O) groups excluding carboxylic acids is 1. The van der Waals surface area contributed by atoms with Gasteiger partial charge in [0.25, 0.3) is 5.91 Å². The number of carbonyl (C=O) groups is 1. The second-order valence-corrected chi connectivity index (χ2v) is 7.79. The van der Waals surface area contributed by atoms with Crippen LogP contribution in [-0.4, -0.2) is 33.3 Å². The van der Waals surface area contributed by atoms with Crippen LogP contribution >= 0.6 is 0 Å². The second kappa shape index (κ2) is 9.54. The molecule has 1 amide bonds. The zero-order valence-electron chi connectivity index (χ0n) is 18.3. The summed E-state index contributed by atoms with van der Waals surface area (Å²) in [6, 6.07) is 11.4. The van der Waals surface area contributed by atoms with E-state index in [1.54, 1.807) is 40.4 Å². The minimum absolute atomic E-state index is 0.0113. The van der Waals surface area contributed by atoms with Gasteiger partial charge in [-0.3, -0.25) is 4.79 Å². The summed E-state index contributed by atoms with van der Waals surface area (Å²) in [7, 11) is 4.66. The van der Waals surface area contributed by atoms with Gasteiger partial charge in [-0.25, -0.2) is 0 Å². The maximum absolute atomic E-state index is 12.5. The molecule has 0 fully saturated rings. The number of rotatable bonds is 8. The minimum atomic E-state index is -0.632. The third kappa shape index (κ3) is 5.79. The average Bonchev–Trinajstić information content (AvgIpc) is 2.70. The van der Waals surface area contributed by atoms with Crippen LogP contribution in [0.1, 0.15) is 38.8 Å². The van der Waals surface area contributed by atoms with Gasteiger partial charge in [0.1, 0.15) is 5.75 Å². The maximum Gasteiger partial charge on any atom is 0.261 e. The highest BCUT2D eigenvalue weighted by Crippen LogP contribution is 2.38. The van der Waals surface area contributed by atoms with Crippen LogP contribution in [0.3, 0.4) is 0 Å². The number of benzene rings is 2. The molecule has 0 aliphatic carbocycles. The quantitative estimate of drug-likeness (QED) is 0.722. The normalized spacial score (nSPS) is 12.1. The molecule has 0 bridgehead atoms. The van der Waals surface area contributed by atoms with E-state index in [1.165, 1.54) is 0 Å². The van der Waals surface area contributed by atoms with Crippen molar-refractivity contribution in [3.63, 3.8) is 0 Å². The highest BCUT2D eigenvalue weighted by Gasteiger charge is 2.18. The Labute approximate surface area is 173 Å². The van der Waals surface area contributed by atoms with Gasteiger partial charge in [-0.2, -0.15) is 0 Å². The number of methoxy groups -OCH3 is 3. The largest absolute Gasteiger partial charge is 0.493 e. The van der Waals surface area contributed by atoms with Gasteiger partial charge in [0, 0.05) is 6.54 Å². The minimum Gasteiger partial charge on any atom is -0.493 e. The molecule has 0 aliphatic rings. The molecule has 0 spiro atoms. The standard InChI is InChI=1S/C23H31NO5/c1-15(29-18-10-8-9-17(13-18)23(2,3)4)22(25)24-14-16-11-19(26-5)21(28-7)20(12-16)27-6/h8-13,15H,14H2,1-7H3,(H,24,25). The summed E-state index contributed by atoms with van der Waals surface area (Å²) in [6.07, 6.45) is -0.632. The Kier molecular flexibility index (Phi) is 7.37. The van der Waals surface area contributed by atoms with Crippen molar-refractivity contribution < 1.29 is 23.7 Å². The molecule has 2 aromatic carbocycles. The number of hydrogen-bond donors (Lipinski definition) is 1. The first kappa shape index (κ1) is 22.4. The fourth-order valence-electron chi connectivity index (χ4n) is 2.86. The van der Waals surface area contributed by atoms with E-state index in [9.17, 15) is 4.79 Å². The molecule has 6 nitrogen and oxygen atoms in total. The van der Waals surface area contributed by atoms with Crippen LogP contribution in [0.2, 0.25) is 0 Å². The van der Waals surface area contributed by atoms with Gasteiger partial charge in [0.15, 0.2) is 17.6 Å². The molecule has 0 saturated heterocycles. The van der Waals surface area contributed by atoms with Crippen molar-refractivity contribution in [1.82, 2.24) is 5.32 Å². The van der Waals surface area contributed by atoms with E-state index in [0.717, 1.165) is 11.1 Å². The summed E-state index contributed by atoms with van der Waals surface area (Å²) in [5.41, 5.74) is 1.99. The lowest BCUT2D eigenvalue weighted by molar-refractivity contribution is -0.127. The number of nitrogens with one attached hydrogen (secondary N) is 1. The van der Waals surface area contributed by atoms with Crippen LogP contribution in [-0.2, 0) is 16.8 Å². The Morgan fingerprint density at radius 2 is 1.62 bits per heavy atom. The van der Waals surface area contributed by atoms with Crippen molar-refractivity contribution in [3.05, 3.63) is 47.5 Å². The fraction of sp³-hybridized carbons (Fsp3) is 0.435. The van der Waals surface area contributed by atoms with Crippen LogP contribution in [0.25, 0.3) is 0 Å². The van der Waals surface area contributed by atoms with Crippen molar-refractivity contribution in [3.8, 4) is 23.0 Å². The molecule has 158 valence electrons. The molecule has 0 aliphatic heterocycles. The Bertz CT molecular complexity index is 816. The van der Waals surface area contributed by atoms with Crippen LogP contribution in [0.15, 0.2) is 36.4 Å². The smallest absolute Gasteiger partial charge is 0.261 e. The van der Waals surface area contributed by atoms with Gasteiger partial charge >= 0.3 is 0 Å². The topological polar surface area (TPSA) is 66.0 Å². The van der Waals surface area contributed by atoms with Crippen LogP contribution in [0.5, 0.6) is 23.0 Å². The summed E-state index contributed by atoms with van der Waals surface area (Å²) in [6.45, 7) is 8.46. The Hall–Kier alpha value is -2.89. The van der Waals surface area contributed by atoms with Gasteiger partial charge < -0.3 is 24.3 Å². The number of hydrogen-bond acceptors (Lipinski definition) is 5. The van der Waals surface area contributed by atoms with Gasteiger partial charge in [0.2, 0.25) is 5.75 Å². The highest BCUT2D eigenvalue weighted by atomic mass is 16.5. The van der Waals surface area contributed by atoms with Crippen molar-refractivity contribution in [2.45, 2.75) is 45.8 Å². The van der Waals surface area contributed by atoms with E-state index >= 15 is 0 Å². The molecular weight excluding hydrogens is 370 g/mol. The van der Waals surface area contributed by atoms with Crippen molar-refractivity contribution in [2.24, 2.45) is 0 Å². The molecule has 0 radical (unpaired) electrons. The maximum atomic E-state index is 12.5. The van der Waals surface area contributed by atoms with E-state index in [0.29, 0.717) is 29.5 Å². The van der Waals surface area contributed by atoms with Crippen molar-refractivity contribution in [2.75, 3.05) is 21.3 Å². The van der Waals surface area contributed by atoms with E-state index in [-0.39, 0.29) is 11.3 Å². The summed E-state index contributed by atoms with van der Waals surface area (Å²) in [5, 5.41) is 2.89. The van der Waals surface area contributed by atoms with E-state index in [4.69, 9.17) is 18.9 Å². The second-order valence-electron chi connectivity index (χ2n) is 7.79. The molecule has 1 atom stereocenters. The summed E-state index contributed by atoms with van der Waals surface area (Å²) in [5.74, 6) is 2.06. The predicted octanol–water partition coefficient (Wildman–Crippen LogP) is 4.09. The van der Waals surface area contributed by atoms with E-state index < -0.39 is 6.10 Å². The molecule has 1 unspecified atom stereocenters. The first-order valence-electron chi connectivity index (χ1n) is 9.53. The molecule has 2 rings (SSSR count). The van der Waals surface area contributed by atoms with Crippen molar-refractivity contribution >= 4 is 5.91 Å². The first-order valence-corrected chi connectivity index (χ1v) is 9.53. The Morgan fingerprint density at radius 1 is 1.00 bits per heavy atom. The Balaban J connectivity index is 2.04. The van der Waals surface area contributed by atoms with Crippen LogP contribution in [0.4, 0.5) is 0 Å². The molecule has 0 aromatic heterocycles. The average molecular weight is 402 g/mol. The van der Waals surface area contributed by atoms with E-state index in [2.05, 4.69) is 32.2 Å². The summed E-state index contributed by atoms with van der Waals surface area (Å²) < 4.78 is 21.9. The highest BCUT2D eigenvalue weighted by molar-refractivity contribution is 5.80. The van der Waals surface area contributed by atoms with Gasteiger partial charge in [-0.05, 0) is 47.7 Å². The summed E-state index contributed by atoms with van der Waals surface area (Å²) in [4.78, 5) is 12.5. The molecule has 6 heteroatoms. The third-order valence-electron chi connectivity index (χ3n) is 4.57. The lowest BCUT2D eigenvalue weighted by atomic mass is 9.87. The zero-order chi connectivity index (χ0) is 21.6. The predicted molar refractivity (Wildman–Crippen MR) is 113 cm³/mol. The first-order chi connectivity index (χ1) is 13.7. The zero-order valence-corrected chi connectivity index (χ0v) is 18.3. The number of ether oxygens (including phenoxy) is 4. The SMILES string of the molecule is COc1cc(CNC(=O)C(C)Oc2cccc(C(C)(C)C)c2)cc(OC)c1OC. The van der Waals surface area contributed by atoms with Crippen LogP contribution in [0, 0.1) is 0 Å².